The van der Waals surface area contributed by atoms with Crippen molar-refractivity contribution < 1.29 is 14.3 Å². The van der Waals surface area contributed by atoms with Gasteiger partial charge in [-0.15, -0.1) is 0 Å². The topological polar surface area (TPSA) is 80.3 Å². The SMILES string of the molecule is CCCCCNc1ccc(C(=O)Nc2cccc(C(=O)OC)c2)cn1. The zero-order valence-electron chi connectivity index (χ0n) is 14.5. The fraction of sp³-hybridized carbons (Fsp3) is 0.316. The van der Waals surface area contributed by atoms with E-state index in [1.165, 1.54) is 26.1 Å². The average Bonchev–Trinajstić information content (AvgIpc) is 2.65. The molecule has 1 amide bonds. The molecule has 25 heavy (non-hydrogen) atoms. The highest BCUT2D eigenvalue weighted by molar-refractivity contribution is 6.04. The Bertz CT molecular complexity index is 714. The standard InChI is InChI=1S/C19H23N3O3/c1-3-4-5-11-20-17-10-9-15(13-21-17)18(23)22-16-8-6-7-14(12-16)19(24)25-2/h6-10,12-13H,3-5,11H2,1-2H3,(H,20,21)(H,22,23). The van der Waals surface area contributed by atoms with Crippen LogP contribution in [-0.4, -0.2) is 30.5 Å². The highest BCUT2D eigenvalue weighted by Crippen LogP contribution is 2.14. The van der Waals surface area contributed by atoms with Crippen molar-refractivity contribution in [2.45, 2.75) is 26.2 Å². The van der Waals surface area contributed by atoms with Gasteiger partial charge in [-0.25, -0.2) is 9.78 Å². The van der Waals surface area contributed by atoms with Gasteiger partial charge in [0, 0.05) is 18.4 Å². The molecule has 0 aliphatic heterocycles. The van der Waals surface area contributed by atoms with Gasteiger partial charge in [0.15, 0.2) is 0 Å². The van der Waals surface area contributed by atoms with Gasteiger partial charge < -0.3 is 15.4 Å². The first kappa shape index (κ1) is 18.4. The molecule has 0 saturated heterocycles. The molecular formula is C19H23N3O3. The Kier molecular flexibility index (Phi) is 6.95. The summed E-state index contributed by atoms with van der Waals surface area (Å²) in [6, 6.07) is 10.1. The van der Waals surface area contributed by atoms with E-state index in [0.717, 1.165) is 18.8 Å². The molecule has 0 bridgehead atoms. The fourth-order valence-electron chi connectivity index (χ4n) is 2.27. The van der Waals surface area contributed by atoms with E-state index in [1.54, 1.807) is 36.4 Å². The Hall–Kier alpha value is -2.89. The second kappa shape index (κ2) is 9.42. The lowest BCUT2D eigenvalue weighted by molar-refractivity contribution is 0.0600. The molecule has 0 fully saturated rings. The number of ether oxygens (including phenoxy) is 1. The molecule has 6 heteroatoms. The first-order chi connectivity index (χ1) is 12.1. The van der Waals surface area contributed by atoms with Crippen LogP contribution in [0.15, 0.2) is 42.6 Å². The van der Waals surface area contributed by atoms with E-state index in [9.17, 15) is 9.59 Å². The lowest BCUT2D eigenvalue weighted by atomic mass is 10.2. The number of esters is 1. The van der Waals surface area contributed by atoms with Crippen molar-refractivity contribution >= 4 is 23.4 Å². The monoisotopic (exact) mass is 341 g/mol. The molecule has 2 rings (SSSR count). The molecule has 1 aromatic heterocycles. The van der Waals surface area contributed by atoms with E-state index < -0.39 is 5.97 Å². The largest absolute Gasteiger partial charge is 0.465 e. The molecule has 1 aromatic carbocycles. The van der Waals surface area contributed by atoms with Crippen LogP contribution in [0.2, 0.25) is 0 Å². The van der Waals surface area contributed by atoms with Crippen molar-refractivity contribution in [3.63, 3.8) is 0 Å². The molecule has 132 valence electrons. The average molecular weight is 341 g/mol. The van der Waals surface area contributed by atoms with Crippen LogP contribution < -0.4 is 10.6 Å². The van der Waals surface area contributed by atoms with Crippen molar-refractivity contribution in [3.05, 3.63) is 53.7 Å². The summed E-state index contributed by atoms with van der Waals surface area (Å²) < 4.78 is 4.67. The third-order valence-corrected chi connectivity index (χ3v) is 3.65. The molecule has 0 atom stereocenters. The van der Waals surface area contributed by atoms with Crippen LogP contribution in [0.5, 0.6) is 0 Å². The second-order valence-corrected chi connectivity index (χ2v) is 5.59. The highest BCUT2D eigenvalue weighted by Gasteiger charge is 2.10. The molecule has 0 radical (unpaired) electrons. The summed E-state index contributed by atoms with van der Waals surface area (Å²) in [5, 5.41) is 5.98. The van der Waals surface area contributed by atoms with Crippen LogP contribution in [-0.2, 0) is 4.74 Å². The maximum atomic E-state index is 12.3. The predicted molar refractivity (Wildman–Crippen MR) is 98.0 cm³/mol. The van der Waals surface area contributed by atoms with Gasteiger partial charge in [-0.05, 0) is 36.8 Å². The van der Waals surface area contributed by atoms with Gasteiger partial charge in [0.25, 0.3) is 5.91 Å². The fourth-order valence-corrected chi connectivity index (χ4v) is 2.27. The highest BCUT2D eigenvalue weighted by atomic mass is 16.5. The van der Waals surface area contributed by atoms with Crippen molar-refractivity contribution in [2.75, 3.05) is 24.3 Å². The maximum Gasteiger partial charge on any atom is 0.337 e. The van der Waals surface area contributed by atoms with E-state index in [1.807, 2.05) is 0 Å². The second-order valence-electron chi connectivity index (χ2n) is 5.59. The van der Waals surface area contributed by atoms with Gasteiger partial charge in [0.2, 0.25) is 0 Å². The zero-order valence-corrected chi connectivity index (χ0v) is 14.5. The molecule has 2 N–H and O–H groups in total. The molecule has 0 aliphatic carbocycles. The van der Waals surface area contributed by atoms with E-state index in [-0.39, 0.29) is 5.91 Å². The van der Waals surface area contributed by atoms with Crippen molar-refractivity contribution in [3.8, 4) is 0 Å². The normalized spacial score (nSPS) is 10.2. The number of nitrogens with zero attached hydrogens (tertiary/aromatic N) is 1. The number of amides is 1. The number of hydrogen-bond donors (Lipinski definition) is 2. The maximum absolute atomic E-state index is 12.3. The molecular weight excluding hydrogens is 318 g/mol. The zero-order chi connectivity index (χ0) is 18.1. The number of aromatic nitrogens is 1. The van der Waals surface area contributed by atoms with Gasteiger partial charge in [-0.2, -0.15) is 0 Å². The van der Waals surface area contributed by atoms with Crippen LogP contribution in [0, 0.1) is 0 Å². The van der Waals surface area contributed by atoms with E-state index in [2.05, 4.69) is 27.3 Å². The van der Waals surface area contributed by atoms with Gasteiger partial charge >= 0.3 is 5.97 Å². The summed E-state index contributed by atoms with van der Waals surface area (Å²) in [6.45, 7) is 3.03. The van der Waals surface area contributed by atoms with E-state index in [4.69, 9.17) is 0 Å². The Morgan fingerprint density at radius 1 is 1.12 bits per heavy atom. The van der Waals surface area contributed by atoms with Crippen LogP contribution in [0.25, 0.3) is 0 Å². The van der Waals surface area contributed by atoms with Crippen LogP contribution >= 0.6 is 0 Å². The van der Waals surface area contributed by atoms with Crippen molar-refractivity contribution in [1.29, 1.82) is 0 Å². The Labute approximate surface area is 147 Å². The smallest absolute Gasteiger partial charge is 0.337 e. The van der Waals surface area contributed by atoms with Gasteiger partial charge in [0.1, 0.15) is 5.82 Å². The van der Waals surface area contributed by atoms with E-state index >= 15 is 0 Å². The number of anilines is 2. The first-order valence-corrected chi connectivity index (χ1v) is 8.33. The molecule has 2 aromatic rings. The van der Waals surface area contributed by atoms with Crippen LogP contribution in [0.4, 0.5) is 11.5 Å². The molecule has 0 unspecified atom stereocenters. The summed E-state index contributed by atoms with van der Waals surface area (Å²) in [7, 11) is 1.32. The van der Waals surface area contributed by atoms with Gasteiger partial charge in [-0.3, -0.25) is 4.79 Å². The Balaban J connectivity index is 1.95. The van der Waals surface area contributed by atoms with Gasteiger partial charge in [-0.1, -0.05) is 25.8 Å². The molecule has 0 spiro atoms. The van der Waals surface area contributed by atoms with Crippen LogP contribution in [0.3, 0.4) is 0 Å². The van der Waals surface area contributed by atoms with E-state index in [0.29, 0.717) is 16.8 Å². The minimum atomic E-state index is -0.448. The van der Waals surface area contributed by atoms with Crippen molar-refractivity contribution in [1.82, 2.24) is 4.98 Å². The molecule has 1 heterocycles. The lowest BCUT2D eigenvalue weighted by Gasteiger charge is -2.08. The third kappa shape index (κ3) is 5.60. The third-order valence-electron chi connectivity index (χ3n) is 3.65. The summed E-state index contributed by atoms with van der Waals surface area (Å²) in [5.41, 5.74) is 1.35. The minimum absolute atomic E-state index is 0.285. The number of carbonyl (C=O) groups is 2. The summed E-state index contributed by atoms with van der Waals surface area (Å²) in [6.07, 6.45) is 4.97. The first-order valence-electron chi connectivity index (χ1n) is 8.33. The number of hydrogen-bond acceptors (Lipinski definition) is 5. The summed E-state index contributed by atoms with van der Waals surface area (Å²) >= 11 is 0. The number of methoxy groups -OCH3 is 1. The number of nitrogens with one attached hydrogen (secondary N) is 2. The predicted octanol–water partition coefficient (Wildman–Crippen LogP) is 3.72. The number of carbonyl (C=O) groups excluding carboxylic acids is 2. The summed E-state index contributed by atoms with van der Waals surface area (Å²) in [4.78, 5) is 28.1. The van der Waals surface area contributed by atoms with Crippen molar-refractivity contribution in [2.24, 2.45) is 0 Å². The molecule has 0 aliphatic rings. The number of rotatable bonds is 8. The number of pyridine rings is 1. The molecule has 0 saturated carbocycles. The Morgan fingerprint density at radius 3 is 2.64 bits per heavy atom. The lowest BCUT2D eigenvalue weighted by Crippen LogP contribution is -2.13. The quantitative estimate of drug-likeness (QED) is 0.565. The minimum Gasteiger partial charge on any atom is -0.465 e. The Morgan fingerprint density at radius 2 is 1.96 bits per heavy atom. The van der Waals surface area contributed by atoms with Crippen LogP contribution in [0.1, 0.15) is 46.9 Å². The summed E-state index contributed by atoms with van der Waals surface area (Å²) in [5.74, 6) is 0.0173. The number of benzene rings is 1. The van der Waals surface area contributed by atoms with Gasteiger partial charge in [0.05, 0.1) is 18.2 Å². The number of unbranched alkanes of at least 4 members (excludes halogenated alkanes) is 2. The molecule has 6 nitrogen and oxygen atoms in total.